The first-order valence-electron chi connectivity index (χ1n) is 11.8. The molecule has 0 aromatic heterocycles. The zero-order valence-corrected chi connectivity index (χ0v) is 19.0. The summed E-state index contributed by atoms with van der Waals surface area (Å²) in [4.78, 5) is 24.2. The van der Waals surface area contributed by atoms with Crippen molar-refractivity contribution in [3.8, 4) is 0 Å². The fourth-order valence-electron chi connectivity index (χ4n) is 3.07. The normalized spacial score (nSPS) is 11.0. The molecule has 0 unspecified atom stereocenters. The minimum Gasteiger partial charge on any atom is -0.462 e. The quantitative estimate of drug-likeness (QED) is 0.152. The Morgan fingerprint density at radius 3 is 1.63 bits per heavy atom. The van der Waals surface area contributed by atoms with Crippen LogP contribution in [-0.2, 0) is 9.47 Å². The molecule has 0 aliphatic heterocycles. The van der Waals surface area contributed by atoms with Crippen molar-refractivity contribution < 1.29 is 19.1 Å². The molecule has 0 aliphatic rings. The van der Waals surface area contributed by atoms with Crippen LogP contribution in [0, 0.1) is 0 Å². The molecule has 0 spiro atoms. The van der Waals surface area contributed by atoms with E-state index in [9.17, 15) is 9.59 Å². The molecule has 0 aliphatic carbocycles. The van der Waals surface area contributed by atoms with Crippen molar-refractivity contribution in [1.82, 2.24) is 0 Å². The number of esters is 2. The number of carbonyl (C=O) groups is 2. The molecule has 4 heteroatoms. The number of carbonyl (C=O) groups excluding carboxylic acids is 2. The molecule has 0 saturated heterocycles. The van der Waals surface area contributed by atoms with E-state index in [0.29, 0.717) is 24.3 Å². The lowest BCUT2D eigenvalue weighted by atomic mass is 10.1. The molecule has 0 amide bonds. The molecule has 0 saturated carbocycles. The summed E-state index contributed by atoms with van der Waals surface area (Å²) in [5, 5.41) is 0. The van der Waals surface area contributed by atoms with Crippen LogP contribution in [0.4, 0.5) is 0 Å². The number of hydrogen-bond acceptors (Lipinski definition) is 4. The summed E-state index contributed by atoms with van der Waals surface area (Å²) in [6, 6.07) is 6.49. The first kappa shape index (κ1) is 25.9. The number of unbranched alkanes of at least 4 members (excludes halogenated alkanes) is 9. The average molecular weight is 417 g/mol. The number of rotatable bonds is 17. The van der Waals surface area contributed by atoms with Gasteiger partial charge in [-0.25, -0.2) is 9.59 Å². The van der Waals surface area contributed by atoms with Crippen molar-refractivity contribution in [1.29, 1.82) is 0 Å². The Balaban J connectivity index is 2.19. The van der Waals surface area contributed by atoms with E-state index in [1.54, 1.807) is 24.3 Å². The summed E-state index contributed by atoms with van der Waals surface area (Å²) < 4.78 is 10.6. The third-order valence-corrected chi connectivity index (χ3v) is 4.98. The zero-order chi connectivity index (χ0) is 21.9. The highest BCUT2D eigenvalue weighted by atomic mass is 16.5. The van der Waals surface area contributed by atoms with Gasteiger partial charge >= 0.3 is 11.9 Å². The van der Waals surface area contributed by atoms with E-state index < -0.39 is 0 Å². The van der Waals surface area contributed by atoms with Gasteiger partial charge in [0, 0.05) is 0 Å². The van der Waals surface area contributed by atoms with E-state index in [1.807, 2.05) is 0 Å². The minimum absolute atomic E-state index is 0.339. The Morgan fingerprint density at radius 1 is 0.633 bits per heavy atom. The summed E-state index contributed by atoms with van der Waals surface area (Å²) in [5.74, 6) is -0.692. The van der Waals surface area contributed by atoms with Crippen LogP contribution in [0.5, 0.6) is 0 Å². The Hall–Kier alpha value is -2.10. The highest BCUT2D eigenvalue weighted by Crippen LogP contribution is 2.10. The van der Waals surface area contributed by atoms with Crippen molar-refractivity contribution in [3.63, 3.8) is 0 Å². The molecule has 0 radical (unpaired) electrons. The molecule has 1 aromatic rings. The van der Waals surface area contributed by atoms with Crippen LogP contribution in [0.1, 0.15) is 112 Å². The summed E-state index contributed by atoms with van der Waals surface area (Å²) >= 11 is 0. The standard InChI is InChI=1S/C26H40O4/c1-3-5-7-9-11-12-14-16-22-30-26(28)24-19-17-23(18-20-24)25(27)29-21-15-13-10-8-6-4-2/h11-12,17-20H,3-10,13-16,21-22H2,1-2H3/b12-11+. The SMILES string of the molecule is CCCCC/C=C/CCCOC(=O)c1ccc(C(=O)OCCCCCCCC)cc1. The third-order valence-electron chi connectivity index (χ3n) is 4.98. The fraction of sp³-hybridized carbons (Fsp3) is 0.615. The first-order chi connectivity index (χ1) is 14.7. The summed E-state index contributed by atoms with van der Waals surface area (Å²) in [6.07, 6.45) is 17.9. The maximum absolute atomic E-state index is 12.1. The van der Waals surface area contributed by atoms with E-state index in [4.69, 9.17) is 9.47 Å². The molecule has 4 nitrogen and oxygen atoms in total. The van der Waals surface area contributed by atoms with Crippen LogP contribution in [-0.4, -0.2) is 25.2 Å². The van der Waals surface area contributed by atoms with E-state index in [2.05, 4.69) is 26.0 Å². The molecular weight excluding hydrogens is 376 g/mol. The molecule has 0 heterocycles. The van der Waals surface area contributed by atoms with Gasteiger partial charge in [-0.2, -0.15) is 0 Å². The smallest absolute Gasteiger partial charge is 0.338 e. The van der Waals surface area contributed by atoms with Crippen molar-refractivity contribution in [2.75, 3.05) is 13.2 Å². The second-order valence-corrected chi connectivity index (χ2v) is 7.73. The molecule has 30 heavy (non-hydrogen) atoms. The Bertz CT molecular complexity index is 604. The highest BCUT2D eigenvalue weighted by Gasteiger charge is 2.10. The lowest BCUT2D eigenvalue weighted by molar-refractivity contribution is 0.0485. The molecule has 0 fully saturated rings. The predicted octanol–water partition coefficient (Wildman–Crippen LogP) is 7.28. The van der Waals surface area contributed by atoms with E-state index in [-0.39, 0.29) is 11.9 Å². The molecule has 0 atom stereocenters. The van der Waals surface area contributed by atoms with Crippen LogP contribution in [0.2, 0.25) is 0 Å². The number of benzene rings is 1. The summed E-state index contributed by atoms with van der Waals surface area (Å²) in [6.45, 7) is 5.25. The monoisotopic (exact) mass is 416 g/mol. The van der Waals surface area contributed by atoms with Crippen LogP contribution in [0.3, 0.4) is 0 Å². The predicted molar refractivity (Wildman–Crippen MR) is 123 cm³/mol. The third kappa shape index (κ3) is 12.5. The Morgan fingerprint density at radius 2 is 1.07 bits per heavy atom. The van der Waals surface area contributed by atoms with Gasteiger partial charge in [-0.05, 0) is 56.4 Å². The van der Waals surface area contributed by atoms with Crippen LogP contribution < -0.4 is 0 Å². The van der Waals surface area contributed by atoms with Gasteiger partial charge in [0.15, 0.2) is 0 Å². The van der Waals surface area contributed by atoms with Gasteiger partial charge in [0.05, 0.1) is 24.3 Å². The Kier molecular flexibility index (Phi) is 15.3. The lowest BCUT2D eigenvalue weighted by Gasteiger charge is -2.07. The van der Waals surface area contributed by atoms with Gasteiger partial charge in [-0.1, -0.05) is 70.9 Å². The van der Waals surface area contributed by atoms with E-state index in [1.165, 1.54) is 44.9 Å². The van der Waals surface area contributed by atoms with Crippen molar-refractivity contribution >= 4 is 11.9 Å². The fourth-order valence-corrected chi connectivity index (χ4v) is 3.07. The molecule has 0 N–H and O–H groups in total. The van der Waals surface area contributed by atoms with Crippen molar-refractivity contribution in [3.05, 3.63) is 47.5 Å². The topological polar surface area (TPSA) is 52.6 Å². The first-order valence-corrected chi connectivity index (χ1v) is 11.8. The summed E-state index contributed by atoms with van der Waals surface area (Å²) in [5.41, 5.74) is 0.920. The molecule has 1 rings (SSSR count). The van der Waals surface area contributed by atoms with Gasteiger partial charge in [0.2, 0.25) is 0 Å². The van der Waals surface area contributed by atoms with Gasteiger partial charge < -0.3 is 9.47 Å². The van der Waals surface area contributed by atoms with Crippen molar-refractivity contribution in [2.45, 2.75) is 90.9 Å². The number of allylic oxidation sites excluding steroid dienone is 2. The Labute approximate surface area is 183 Å². The van der Waals surface area contributed by atoms with E-state index >= 15 is 0 Å². The van der Waals surface area contributed by atoms with Crippen molar-refractivity contribution in [2.24, 2.45) is 0 Å². The maximum Gasteiger partial charge on any atom is 0.338 e. The van der Waals surface area contributed by atoms with Gasteiger partial charge in [-0.3, -0.25) is 0 Å². The molecule has 168 valence electrons. The van der Waals surface area contributed by atoms with Crippen LogP contribution in [0.15, 0.2) is 36.4 Å². The highest BCUT2D eigenvalue weighted by molar-refractivity contribution is 5.93. The number of hydrogen-bond donors (Lipinski definition) is 0. The van der Waals surface area contributed by atoms with Gasteiger partial charge in [0.25, 0.3) is 0 Å². The summed E-state index contributed by atoms with van der Waals surface area (Å²) in [7, 11) is 0. The maximum atomic E-state index is 12.1. The van der Waals surface area contributed by atoms with Crippen LogP contribution in [0.25, 0.3) is 0 Å². The second-order valence-electron chi connectivity index (χ2n) is 7.73. The minimum atomic E-state index is -0.353. The molecular formula is C26H40O4. The molecule has 1 aromatic carbocycles. The van der Waals surface area contributed by atoms with E-state index in [0.717, 1.165) is 32.1 Å². The molecule has 0 bridgehead atoms. The largest absolute Gasteiger partial charge is 0.462 e. The lowest BCUT2D eigenvalue weighted by Crippen LogP contribution is -2.09. The van der Waals surface area contributed by atoms with Gasteiger partial charge in [-0.15, -0.1) is 0 Å². The van der Waals surface area contributed by atoms with Gasteiger partial charge in [0.1, 0.15) is 0 Å². The van der Waals surface area contributed by atoms with Crippen LogP contribution >= 0.6 is 0 Å². The second kappa shape index (κ2) is 17.7. The number of ether oxygens (including phenoxy) is 2. The average Bonchev–Trinajstić information content (AvgIpc) is 2.77. The zero-order valence-electron chi connectivity index (χ0n) is 19.0.